The number of nitrogens with zero attached hydrogens (tertiary/aromatic N) is 2. The number of sulfonamides is 1. The zero-order chi connectivity index (χ0) is 32.6. The quantitative estimate of drug-likeness (QED) is 0.195. The Morgan fingerprint density at radius 3 is 1.96 bits per heavy atom. The van der Waals surface area contributed by atoms with E-state index in [1.54, 1.807) is 24.3 Å². The van der Waals surface area contributed by atoms with Gasteiger partial charge in [-0.05, 0) is 79.9 Å². The summed E-state index contributed by atoms with van der Waals surface area (Å²) in [4.78, 5) is 29.4. The molecule has 0 saturated heterocycles. The van der Waals surface area contributed by atoms with E-state index in [1.807, 2.05) is 51.1 Å². The van der Waals surface area contributed by atoms with Crippen LogP contribution in [0.5, 0.6) is 0 Å². The number of anilines is 1. The Kier molecular flexibility index (Phi) is 11.1. The number of amides is 2. The Hall–Kier alpha value is -4.57. The first-order valence-corrected chi connectivity index (χ1v) is 16.1. The van der Waals surface area contributed by atoms with Crippen molar-refractivity contribution in [2.75, 3.05) is 10.8 Å². The molecular weight excluding hydrogens is 596 g/mol. The molecule has 0 aromatic heterocycles. The molecule has 0 fully saturated rings. The van der Waals surface area contributed by atoms with Crippen LogP contribution in [0.4, 0.5) is 14.5 Å². The van der Waals surface area contributed by atoms with E-state index in [0.717, 1.165) is 39.7 Å². The highest BCUT2D eigenvalue weighted by Gasteiger charge is 2.35. The highest BCUT2D eigenvalue weighted by Crippen LogP contribution is 2.26. The van der Waals surface area contributed by atoms with Gasteiger partial charge in [0.1, 0.15) is 24.2 Å². The van der Waals surface area contributed by atoms with Gasteiger partial charge in [0.25, 0.3) is 10.0 Å². The molecule has 0 spiro atoms. The number of nitrogens with one attached hydrogen (secondary N) is 1. The van der Waals surface area contributed by atoms with Crippen molar-refractivity contribution in [3.05, 3.63) is 131 Å². The van der Waals surface area contributed by atoms with Crippen LogP contribution in [0, 0.1) is 18.6 Å². The average molecular weight is 634 g/mol. The number of halogens is 2. The van der Waals surface area contributed by atoms with Crippen molar-refractivity contribution in [3.63, 3.8) is 0 Å². The van der Waals surface area contributed by atoms with Gasteiger partial charge in [-0.25, -0.2) is 17.2 Å². The number of rotatable bonds is 13. The smallest absolute Gasteiger partial charge is 0.264 e. The minimum atomic E-state index is -4.35. The molecule has 0 aliphatic heterocycles. The normalized spacial score (nSPS) is 12.6. The van der Waals surface area contributed by atoms with Gasteiger partial charge in [-0.2, -0.15) is 0 Å². The molecular formula is C35H37F2N3O4S. The summed E-state index contributed by atoms with van der Waals surface area (Å²) in [6, 6.07) is 24.6. The van der Waals surface area contributed by atoms with Gasteiger partial charge in [0.05, 0.1) is 10.6 Å². The number of carbonyl (C=O) groups excluding carboxylic acids is 2. The summed E-state index contributed by atoms with van der Waals surface area (Å²) in [7, 11) is -4.35. The SMILES string of the molecule is CC[C@@H](C)NC(=O)[C@@H](Cc1ccccc1)N(Cc1ccc(F)cc1)C(=O)CN(c1ccc(C)cc1)S(=O)(=O)c1ccc(F)cc1. The van der Waals surface area contributed by atoms with Crippen LogP contribution in [0.15, 0.2) is 108 Å². The third-order valence-corrected chi connectivity index (χ3v) is 9.33. The Balaban J connectivity index is 1.80. The van der Waals surface area contributed by atoms with Crippen LogP contribution in [0.1, 0.15) is 37.0 Å². The van der Waals surface area contributed by atoms with E-state index < -0.39 is 46.1 Å². The molecule has 0 saturated carbocycles. The average Bonchev–Trinajstić information content (AvgIpc) is 3.03. The van der Waals surface area contributed by atoms with Gasteiger partial charge < -0.3 is 10.2 Å². The molecule has 2 atom stereocenters. The number of carbonyl (C=O) groups is 2. The summed E-state index contributed by atoms with van der Waals surface area (Å²) in [6.45, 7) is 4.91. The Morgan fingerprint density at radius 2 is 1.38 bits per heavy atom. The van der Waals surface area contributed by atoms with Crippen LogP contribution in [-0.4, -0.2) is 43.8 Å². The summed E-state index contributed by atoms with van der Waals surface area (Å²) >= 11 is 0. The Morgan fingerprint density at radius 1 is 0.800 bits per heavy atom. The molecule has 4 aromatic carbocycles. The molecule has 45 heavy (non-hydrogen) atoms. The van der Waals surface area contributed by atoms with Gasteiger partial charge in [-0.1, -0.05) is 67.1 Å². The van der Waals surface area contributed by atoms with Gasteiger partial charge in [-0.15, -0.1) is 0 Å². The predicted molar refractivity (Wildman–Crippen MR) is 171 cm³/mol. The third-order valence-electron chi connectivity index (χ3n) is 7.54. The topological polar surface area (TPSA) is 86.8 Å². The maximum Gasteiger partial charge on any atom is 0.264 e. The van der Waals surface area contributed by atoms with Crippen LogP contribution in [0.2, 0.25) is 0 Å². The molecule has 0 radical (unpaired) electrons. The molecule has 0 heterocycles. The summed E-state index contributed by atoms with van der Waals surface area (Å²) in [6.07, 6.45) is 0.818. The lowest BCUT2D eigenvalue weighted by Crippen LogP contribution is -2.54. The monoisotopic (exact) mass is 633 g/mol. The fourth-order valence-corrected chi connectivity index (χ4v) is 6.17. The summed E-state index contributed by atoms with van der Waals surface area (Å²) in [5, 5.41) is 2.97. The van der Waals surface area contributed by atoms with E-state index in [2.05, 4.69) is 5.32 Å². The second kappa shape index (κ2) is 14.9. The van der Waals surface area contributed by atoms with E-state index in [9.17, 15) is 26.8 Å². The standard InChI is InChI=1S/C35H37F2N3O4S/c1-4-26(3)38-35(42)33(22-27-8-6-5-7-9-27)39(23-28-12-14-29(36)15-13-28)34(41)24-40(31-18-10-25(2)11-19-31)45(43,44)32-20-16-30(37)17-21-32/h5-21,26,33H,4,22-24H2,1-3H3,(H,38,42)/t26-,33-/m1/s1. The number of hydrogen-bond acceptors (Lipinski definition) is 4. The van der Waals surface area contributed by atoms with Crippen molar-refractivity contribution >= 4 is 27.5 Å². The van der Waals surface area contributed by atoms with Gasteiger partial charge in [-0.3, -0.25) is 13.9 Å². The third kappa shape index (κ3) is 8.76. The molecule has 0 aliphatic rings. The second-order valence-corrected chi connectivity index (χ2v) is 12.8. The van der Waals surface area contributed by atoms with Crippen molar-refractivity contribution in [3.8, 4) is 0 Å². The van der Waals surface area contributed by atoms with E-state index in [1.165, 1.54) is 29.2 Å². The van der Waals surface area contributed by atoms with Gasteiger partial charge in [0.15, 0.2) is 0 Å². The first kappa shape index (κ1) is 33.3. The van der Waals surface area contributed by atoms with Crippen LogP contribution < -0.4 is 9.62 Å². The first-order chi connectivity index (χ1) is 21.5. The molecule has 4 aromatic rings. The lowest BCUT2D eigenvalue weighted by Gasteiger charge is -2.34. The zero-order valence-electron chi connectivity index (χ0n) is 25.5. The van der Waals surface area contributed by atoms with Crippen molar-refractivity contribution in [1.82, 2.24) is 10.2 Å². The second-order valence-electron chi connectivity index (χ2n) is 11.0. The summed E-state index contributed by atoms with van der Waals surface area (Å²) in [5.74, 6) is -2.10. The summed E-state index contributed by atoms with van der Waals surface area (Å²) < 4.78 is 56.4. The van der Waals surface area contributed by atoms with Crippen molar-refractivity contribution in [2.45, 2.75) is 57.1 Å². The minimum Gasteiger partial charge on any atom is -0.352 e. The fourth-order valence-electron chi connectivity index (χ4n) is 4.76. The molecule has 0 unspecified atom stereocenters. The van der Waals surface area contributed by atoms with Gasteiger partial charge in [0, 0.05) is 19.0 Å². The lowest BCUT2D eigenvalue weighted by molar-refractivity contribution is -0.140. The molecule has 0 aliphatic carbocycles. The zero-order valence-corrected chi connectivity index (χ0v) is 26.3. The molecule has 2 amide bonds. The maximum absolute atomic E-state index is 14.4. The van der Waals surface area contributed by atoms with E-state index in [4.69, 9.17) is 0 Å². The fraction of sp³-hybridized carbons (Fsp3) is 0.257. The predicted octanol–water partition coefficient (Wildman–Crippen LogP) is 6.02. The number of hydrogen-bond donors (Lipinski definition) is 1. The van der Waals surface area contributed by atoms with Gasteiger partial charge >= 0.3 is 0 Å². The number of aryl methyl sites for hydroxylation is 1. The molecule has 10 heteroatoms. The molecule has 1 N–H and O–H groups in total. The number of benzene rings is 4. The highest BCUT2D eigenvalue weighted by atomic mass is 32.2. The van der Waals surface area contributed by atoms with Crippen molar-refractivity contribution in [1.29, 1.82) is 0 Å². The molecule has 7 nitrogen and oxygen atoms in total. The van der Waals surface area contributed by atoms with Gasteiger partial charge in [0.2, 0.25) is 11.8 Å². The highest BCUT2D eigenvalue weighted by molar-refractivity contribution is 7.92. The van der Waals surface area contributed by atoms with E-state index >= 15 is 0 Å². The molecule has 236 valence electrons. The van der Waals surface area contributed by atoms with Crippen LogP contribution in [0.25, 0.3) is 0 Å². The molecule has 4 rings (SSSR count). The van der Waals surface area contributed by atoms with Crippen LogP contribution >= 0.6 is 0 Å². The van der Waals surface area contributed by atoms with E-state index in [0.29, 0.717) is 12.0 Å². The van der Waals surface area contributed by atoms with Crippen molar-refractivity contribution in [2.24, 2.45) is 0 Å². The molecule has 0 bridgehead atoms. The minimum absolute atomic E-state index is 0.0805. The Labute approximate surface area is 263 Å². The van der Waals surface area contributed by atoms with Crippen LogP contribution in [-0.2, 0) is 32.6 Å². The Bertz CT molecular complexity index is 1680. The largest absolute Gasteiger partial charge is 0.352 e. The van der Waals surface area contributed by atoms with Crippen LogP contribution in [0.3, 0.4) is 0 Å². The van der Waals surface area contributed by atoms with Crippen molar-refractivity contribution < 1.29 is 26.8 Å². The van der Waals surface area contributed by atoms with E-state index in [-0.39, 0.29) is 29.6 Å². The lowest BCUT2D eigenvalue weighted by atomic mass is 10.0. The first-order valence-electron chi connectivity index (χ1n) is 14.7. The maximum atomic E-state index is 14.4. The summed E-state index contributed by atoms with van der Waals surface area (Å²) in [5.41, 5.74) is 2.46.